The van der Waals surface area contributed by atoms with Crippen molar-refractivity contribution in [1.29, 1.82) is 0 Å². The van der Waals surface area contributed by atoms with Crippen LogP contribution in [0.1, 0.15) is 29.5 Å². The zero-order valence-electron chi connectivity index (χ0n) is 17.7. The third kappa shape index (κ3) is 5.10. The van der Waals surface area contributed by atoms with Crippen molar-refractivity contribution in [3.63, 3.8) is 0 Å². The molecule has 2 aromatic rings. The van der Waals surface area contributed by atoms with E-state index in [0.717, 1.165) is 29.9 Å². The normalized spacial score (nSPS) is 25.3. The van der Waals surface area contributed by atoms with Crippen LogP contribution in [0.2, 0.25) is 5.02 Å². The Hall–Kier alpha value is -1.71. The van der Waals surface area contributed by atoms with Crippen LogP contribution in [0, 0.1) is 0 Å². The van der Waals surface area contributed by atoms with E-state index in [0.29, 0.717) is 23.6 Å². The van der Waals surface area contributed by atoms with E-state index in [-0.39, 0.29) is 25.7 Å². The van der Waals surface area contributed by atoms with Gasteiger partial charge in [-0.15, -0.1) is 0 Å². The van der Waals surface area contributed by atoms with Gasteiger partial charge < -0.3 is 34.6 Å². The van der Waals surface area contributed by atoms with Crippen LogP contribution in [0.25, 0.3) is 0 Å². The van der Waals surface area contributed by atoms with Crippen LogP contribution in [0.5, 0.6) is 5.75 Å². The zero-order valence-corrected chi connectivity index (χ0v) is 18.4. The molecule has 4 rings (SSSR count). The summed E-state index contributed by atoms with van der Waals surface area (Å²) in [7, 11) is 0. The van der Waals surface area contributed by atoms with Gasteiger partial charge >= 0.3 is 0 Å². The second-order valence-electron chi connectivity index (χ2n) is 8.42. The van der Waals surface area contributed by atoms with Gasteiger partial charge in [-0.05, 0) is 47.7 Å². The van der Waals surface area contributed by atoms with Gasteiger partial charge in [-0.3, -0.25) is 0 Å². The molecular formula is C24H29ClO7. The third-order valence-corrected chi connectivity index (χ3v) is 6.49. The number of ether oxygens (including phenoxy) is 3. The number of aliphatic hydroxyl groups excluding tert-OH is 4. The molecule has 32 heavy (non-hydrogen) atoms. The zero-order chi connectivity index (χ0) is 22.7. The summed E-state index contributed by atoms with van der Waals surface area (Å²) in [6.45, 7) is 1.28. The molecule has 174 valence electrons. The van der Waals surface area contributed by atoms with Crippen LogP contribution in [0.4, 0.5) is 0 Å². The molecule has 4 N–H and O–H groups in total. The molecule has 0 unspecified atom stereocenters. The second kappa shape index (κ2) is 10.1. The number of epoxide rings is 1. The molecule has 0 radical (unpaired) electrons. The minimum absolute atomic E-state index is 0.0341. The average Bonchev–Trinajstić information content (AvgIpc) is 3.45. The molecule has 0 aliphatic carbocycles. The van der Waals surface area contributed by atoms with E-state index < -0.39 is 23.9 Å². The van der Waals surface area contributed by atoms with Gasteiger partial charge in [0.2, 0.25) is 0 Å². The lowest BCUT2D eigenvalue weighted by Crippen LogP contribution is -2.45. The van der Waals surface area contributed by atoms with Crippen LogP contribution < -0.4 is 4.74 Å². The standard InChI is InChI=1S/C24H29ClO7/c25-20-6-3-17(24(14-31-24)23(29)22(28)21(27)7-9-26)12-16(20)11-15-1-4-18(5-2-15)32-19-8-10-30-13-19/h1-6,12,19,21-23,26-29H,7-11,13-14H2/t19-,21-,22+,23+,24+/m0/s1. The summed E-state index contributed by atoms with van der Waals surface area (Å²) in [5, 5.41) is 40.5. The lowest BCUT2D eigenvalue weighted by Gasteiger charge is -2.28. The number of halogens is 1. The Kier molecular flexibility index (Phi) is 7.37. The summed E-state index contributed by atoms with van der Waals surface area (Å²) in [4.78, 5) is 0. The number of aliphatic hydroxyl groups is 4. The molecule has 2 aliphatic heterocycles. The summed E-state index contributed by atoms with van der Waals surface area (Å²) in [5.74, 6) is 0.799. The Balaban J connectivity index is 1.47. The maximum absolute atomic E-state index is 10.7. The summed E-state index contributed by atoms with van der Waals surface area (Å²) in [6.07, 6.45) is -2.50. The van der Waals surface area contributed by atoms with Gasteiger partial charge in [-0.25, -0.2) is 0 Å². The third-order valence-electron chi connectivity index (χ3n) is 6.12. The van der Waals surface area contributed by atoms with Crippen molar-refractivity contribution < 1.29 is 34.6 Å². The number of hydrogen-bond donors (Lipinski definition) is 4. The highest BCUT2D eigenvalue weighted by molar-refractivity contribution is 6.31. The predicted octanol–water partition coefficient (Wildman–Crippen LogP) is 1.79. The van der Waals surface area contributed by atoms with Crippen LogP contribution in [0.3, 0.4) is 0 Å². The van der Waals surface area contributed by atoms with Crippen LogP contribution in [-0.2, 0) is 21.5 Å². The largest absolute Gasteiger partial charge is 0.488 e. The van der Waals surface area contributed by atoms with Crippen molar-refractivity contribution in [3.8, 4) is 5.75 Å². The van der Waals surface area contributed by atoms with E-state index in [1.165, 1.54) is 0 Å². The maximum Gasteiger partial charge on any atom is 0.145 e. The SMILES string of the molecule is OCC[C@H](O)[C@@H](O)[C@@H](O)[C@]1(c2ccc(Cl)c(Cc3ccc(O[C@H]4CCOC4)cc3)c2)CO1. The average molecular weight is 465 g/mol. The van der Waals surface area contributed by atoms with E-state index >= 15 is 0 Å². The van der Waals surface area contributed by atoms with E-state index in [1.807, 2.05) is 30.3 Å². The topological polar surface area (TPSA) is 112 Å². The van der Waals surface area contributed by atoms with Gasteiger partial charge in [0, 0.05) is 18.1 Å². The maximum atomic E-state index is 10.7. The molecular weight excluding hydrogens is 436 g/mol. The van der Waals surface area contributed by atoms with E-state index in [4.69, 9.17) is 30.9 Å². The monoisotopic (exact) mass is 464 g/mol. The van der Waals surface area contributed by atoms with Crippen LogP contribution in [0.15, 0.2) is 42.5 Å². The smallest absolute Gasteiger partial charge is 0.145 e. The van der Waals surface area contributed by atoms with Crippen molar-refractivity contribution in [2.24, 2.45) is 0 Å². The molecule has 7 nitrogen and oxygen atoms in total. The Morgan fingerprint density at radius 2 is 1.88 bits per heavy atom. The Bertz CT molecular complexity index is 894. The summed E-state index contributed by atoms with van der Waals surface area (Å²) >= 11 is 6.44. The lowest BCUT2D eigenvalue weighted by atomic mass is 9.87. The van der Waals surface area contributed by atoms with Gasteiger partial charge in [0.1, 0.15) is 29.7 Å². The summed E-state index contributed by atoms with van der Waals surface area (Å²) in [5.41, 5.74) is 1.48. The van der Waals surface area contributed by atoms with Gasteiger partial charge in [0.15, 0.2) is 0 Å². The Labute approximate surface area is 192 Å². The minimum Gasteiger partial charge on any atom is -0.488 e. The molecule has 0 amide bonds. The molecule has 2 aromatic carbocycles. The molecule has 5 atom stereocenters. The van der Waals surface area contributed by atoms with Gasteiger partial charge in [0.25, 0.3) is 0 Å². The molecule has 0 aromatic heterocycles. The van der Waals surface area contributed by atoms with Crippen LogP contribution >= 0.6 is 11.6 Å². The fraction of sp³-hybridized carbons (Fsp3) is 0.500. The molecule has 2 fully saturated rings. The summed E-state index contributed by atoms with van der Waals surface area (Å²) in [6, 6.07) is 13.2. The molecule has 0 saturated carbocycles. The summed E-state index contributed by atoms with van der Waals surface area (Å²) < 4.78 is 16.8. The van der Waals surface area contributed by atoms with E-state index in [2.05, 4.69) is 0 Å². The minimum atomic E-state index is -1.44. The first-order valence-corrected chi connectivity index (χ1v) is 11.2. The fourth-order valence-electron chi connectivity index (χ4n) is 4.05. The molecule has 0 spiro atoms. The quantitative estimate of drug-likeness (QED) is 0.396. The van der Waals surface area contributed by atoms with Crippen molar-refractivity contribution in [3.05, 3.63) is 64.2 Å². The number of rotatable bonds is 10. The van der Waals surface area contributed by atoms with Crippen LogP contribution in [-0.4, -0.2) is 71.3 Å². The molecule has 2 saturated heterocycles. The molecule has 0 bridgehead atoms. The second-order valence-corrected chi connectivity index (χ2v) is 8.83. The Morgan fingerprint density at radius 3 is 2.50 bits per heavy atom. The molecule has 2 heterocycles. The number of benzene rings is 2. The van der Waals surface area contributed by atoms with Crippen molar-refractivity contribution in [2.75, 3.05) is 26.4 Å². The van der Waals surface area contributed by atoms with Gasteiger partial charge in [-0.1, -0.05) is 35.9 Å². The van der Waals surface area contributed by atoms with E-state index in [9.17, 15) is 15.3 Å². The highest BCUT2D eigenvalue weighted by Crippen LogP contribution is 2.44. The van der Waals surface area contributed by atoms with Gasteiger partial charge in [-0.2, -0.15) is 0 Å². The highest BCUT2D eigenvalue weighted by atomic mass is 35.5. The van der Waals surface area contributed by atoms with Crippen molar-refractivity contribution >= 4 is 11.6 Å². The Morgan fingerprint density at radius 1 is 1.12 bits per heavy atom. The van der Waals surface area contributed by atoms with Gasteiger partial charge in [0.05, 0.1) is 25.9 Å². The molecule has 8 heteroatoms. The number of hydrogen-bond acceptors (Lipinski definition) is 7. The lowest BCUT2D eigenvalue weighted by molar-refractivity contribution is -0.0941. The first-order valence-electron chi connectivity index (χ1n) is 10.8. The van der Waals surface area contributed by atoms with Crippen molar-refractivity contribution in [1.82, 2.24) is 0 Å². The molecule has 2 aliphatic rings. The first-order chi connectivity index (χ1) is 15.4. The highest BCUT2D eigenvalue weighted by Gasteiger charge is 2.56. The van der Waals surface area contributed by atoms with Crippen molar-refractivity contribution in [2.45, 2.75) is 49.3 Å². The van der Waals surface area contributed by atoms with E-state index in [1.54, 1.807) is 12.1 Å². The predicted molar refractivity (Wildman–Crippen MR) is 118 cm³/mol. The fourth-order valence-corrected chi connectivity index (χ4v) is 4.24. The first kappa shape index (κ1) is 23.4.